The second kappa shape index (κ2) is 1.76. The van der Waals surface area contributed by atoms with Gasteiger partial charge >= 0.3 is 5.97 Å². The first-order valence-electron chi connectivity index (χ1n) is 1.49. The lowest BCUT2D eigenvalue weighted by atomic mass is 10.5. The van der Waals surface area contributed by atoms with E-state index in [4.69, 9.17) is 5.11 Å². The van der Waals surface area contributed by atoms with Gasteiger partial charge in [0.1, 0.15) is 0 Å². The van der Waals surface area contributed by atoms with Crippen LogP contribution in [0.25, 0.3) is 0 Å². The van der Waals surface area contributed by atoms with Crippen LogP contribution in [0.4, 0.5) is 0 Å². The smallest absolute Gasteiger partial charge is 0.303 e. The summed E-state index contributed by atoms with van der Waals surface area (Å²) in [6, 6.07) is 0. The second-order valence-electron chi connectivity index (χ2n) is 0.747. The van der Waals surface area contributed by atoms with Crippen molar-refractivity contribution in [3.8, 4) is 0 Å². The number of aliphatic carboxylic acids is 1. The van der Waals surface area contributed by atoms with Crippen LogP contribution in [-0.2, 0) is 4.79 Å². The van der Waals surface area contributed by atoms with Crippen molar-refractivity contribution in [2.45, 2.75) is 13.3 Å². The van der Waals surface area contributed by atoms with Gasteiger partial charge in [0.15, 0.2) is 0 Å². The molecule has 0 aromatic heterocycles. The zero-order valence-corrected chi connectivity index (χ0v) is 3.06. The van der Waals surface area contributed by atoms with Crippen molar-refractivity contribution in [2.75, 3.05) is 0 Å². The Bertz CT molecular complexity index is 40.2. The quantitative estimate of drug-likeness (QED) is 0.463. The van der Waals surface area contributed by atoms with Crippen molar-refractivity contribution in [1.29, 1.82) is 0 Å². The van der Waals surface area contributed by atoms with E-state index >= 15 is 0 Å². The van der Waals surface area contributed by atoms with Crippen LogP contribution in [0.3, 0.4) is 0 Å². The Morgan fingerprint density at radius 2 is 2.20 bits per heavy atom. The maximum absolute atomic E-state index is 9.37. The fraction of sp³-hybridized carbons (Fsp3) is 0.667. The van der Waals surface area contributed by atoms with Gasteiger partial charge in [-0.05, 0) is 0 Å². The van der Waals surface area contributed by atoms with E-state index in [1.54, 1.807) is 6.92 Å². The van der Waals surface area contributed by atoms with E-state index in [-0.39, 0.29) is 6.42 Å². The summed E-state index contributed by atoms with van der Waals surface area (Å²) in [5.41, 5.74) is 0. The fourth-order valence-corrected chi connectivity index (χ4v) is 0. The summed E-state index contributed by atoms with van der Waals surface area (Å²) >= 11 is 0. The molecule has 0 aliphatic heterocycles. The number of hydrogen-bond donors (Lipinski definition) is 1. The van der Waals surface area contributed by atoms with Crippen molar-refractivity contribution in [3.63, 3.8) is 0 Å². The monoisotopic (exact) mass is 78.0 g/mol. The third-order valence-corrected chi connectivity index (χ3v) is 0.302. The lowest BCUT2D eigenvalue weighted by Crippen LogP contribution is -1.86. The highest BCUT2D eigenvalue weighted by molar-refractivity contribution is 5.66. The number of carboxylic acid groups (broad SMARTS) is 1. The van der Waals surface area contributed by atoms with Crippen LogP contribution in [0.2, 0.25) is 0 Å². The molecule has 0 heterocycles. The molecule has 0 rings (SSSR count). The van der Waals surface area contributed by atoms with E-state index in [9.17, 15) is 4.79 Å². The minimum absolute atomic E-state index is 0.222. The van der Waals surface area contributed by atoms with Crippen LogP contribution in [0.1, 0.15) is 13.3 Å². The van der Waals surface area contributed by atoms with E-state index in [2.05, 4.69) is 0 Å². The number of carboxylic acids is 1. The largest absolute Gasteiger partial charge is 0.481 e. The summed E-state index contributed by atoms with van der Waals surface area (Å²) in [7, 11) is 0. The van der Waals surface area contributed by atoms with Crippen LogP contribution >= 0.6 is 0 Å². The van der Waals surface area contributed by atoms with Crippen molar-refractivity contribution in [1.82, 2.24) is 0 Å². The van der Waals surface area contributed by atoms with Crippen LogP contribution in [-0.4, -0.2) is 11.1 Å². The van der Waals surface area contributed by atoms with Gasteiger partial charge in [-0.15, -0.1) is 0 Å². The Kier molecular flexibility index (Phi) is 1.57. The highest BCUT2D eigenvalue weighted by atomic mass is 18.2. The molecule has 0 aromatic carbocycles. The topological polar surface area (TPSA) is 37.3 Å². The molecule has 5 heavy (non-hydrogen) atoms. The van der Waals surface area contributed by atoms with Gasteiger partial charge in [-0.2, -0.15) is 0 Å². The van der Waals surface area contributed by atoms with Gasteiger partial charge in [0.2, 0.25) is 0 Å². The van der Waals surface area contributed by atoms with Gasteiger partial charge in [-0.25, -0.2) is 0 Å². The van der Waals surface area contributed by atoms with Gasteiger partial charge in [-0.1, -0.05) is 6.92 Å². The molecule has 2 nitrogen and oxygen atoms in total. The Morgan fingerprint density at radius 3 is 2.20 bits per heavy atom. The predicted molar refractivity (Wildman–Crippen MR) is 17.9 cm³/mol. The zero-order valence-electron chi connectivity index (χ0n) is 3.06. The van der Waals surface area contributed by atoms with Crippen LogP contribution in [0, 0.1) is 0 Å². The summed E-state index contributed by atoms with van der Waals surface area (Å²) in [5, 5.41) is 7.72. The zero-order chi connectivity index (χ0) is 4.28. The number of rotatable bonds is 1. The van der Waals surface area contributed by atoms with Gasteiger partial charge in [0.25, 0.3) is 0 Å². The summed E-state index contributed by atoms with van der Waals surface area (Å²) in [4.78, 5) is 9.37. The molecule has 0 radical (unpaired) electrons. The molecule has 0 bridgehead atoms. The molecule has 0 saturated heterocycles. The van der Waals surface area contributed by atoms with E-state index in [1.807, 2.05) is 0 Å². The van der Waals surface area contributed by atoms with E-state index in [0.29, 0.717) is 0 Å². The molecule has 2 heteroatoms. The SMILES string of the molecule is CCC(=[18O])[18OH]. The van der Waals surface area contributed by atoms with Crippen molar-refractivity contribution < 1.29 is 9.90 Å². The lowest BCUT2D eigenvalue weighted by Gasteiger charge is -1.71. The predicted octanol–water partition coefficient (Wildman–Crippen LogP) is 0.481. The molecule has 0 fully saturated rings. The molecule has 0 aliphatic rings. The first-order valence-corrected chi connectivity index (χ1v) is 1.49. The molecule has 0 aliphatic carbocycles. The second-order valence-corrected chi connectivity index (χ2v) is 0.747. The minimum Gasteiger partial charge on any atom is -0.481 e. The van der Waals surface area contributed by atoms with Crippen molar-refractivity contribution in [3.05, 3.63) is 0 Å². The molecule has 0 unspecified atom stereocenters. The molecule has 1 N–H and O–H groups in total. The lowest BCUT2D eigenvalue weighted by molar-refractivity contribution is -0.136. The Labute approximate surface area is 30.4 Å². The standard InChI is InChI=1S/C3H6O2/c1-2-3(4)5/h2H2,1H3,(H,4,5)/i4+2,5+2. The summed E-state index contributed by atoms with van der Waals surface area (Å²) in [6.45, 7) is 1.60. The molecular weight excluding hydrogens is 72.0 g/mol. The third kappa shape index (κ3) is 3.47. The molecule has 30 valence electrons. The van der Waals surface area contributed by atoms with Gasteiger partial charge in [-0.3, -0.25) is 4.79 Å². The number of hydrogen-bond acceptors (Lipinski definition) is 1. The molecule has 0 aromatic rings. The summed E-state index contributed by atoms with van der Waals surface area (Å²) in [6.07, 6.45) is 0.222. The molecule has 0 amide bonds. The molecule has 0 atom stereocenters. The normalized spacial score (nSPS) is 7.40. The number of carbonyl (C=O) groups is 1. The first kappa shape index (κ1) is 4.47. The van der Waals surface area contributed by atoms with E-state index in [0.717, 1.165) is 0 Å². The maximum Gasteiger partial charge on any atom is 0.303 e. The van der Waals surface area contributed by atoms with Crippen molar-refractivity contribution in [2.24, 2.45) is 0 Å². The Balaban J connectivity index is 2.85. The molecular formula is C3H6O2. The van der Waals surface area contributed by atoms with Gasteiger partial charge in [0.05, 0.1) is 0 Å². The maximum atomic E-state index is 9.37. The molecule has 0 saturated carbocycles. The van der Waals surface area contributed by atoms with Gasteiger partial charge in [0, 0.05) is 6.42 Å². The Hall–Kier alpha value is -0.530. The summed E-state index contributed by atoms with van der Waals surface area (Å²) in [5.74, 6) is -0.745. The van der Waals surface area contributed by atoms with E-state index in [1.165, 1.54) is 0 Å². The Morgan fingerprint density at radius 1 is 2.00 bits per heavy atom. The van der Waals surface area contributed by atoms with Crippen LogP contribution in [0.5, 0.6) is 0 Å². The average Bonchev–Trinajstić information content (AvgIpc) is 1.38. The third-order valence-electron chi connectivity index (χ3n) is 0.302. The highest BCUT2D eigenvalue weighted by Gasteiger charge is 1.80. The average molecular weight is 78.1 g/mol. The molecule has 0 spiro atoms. The fourth-order valence-electron chi connectivity index (χ4n) is 0. The summed E-state index contributed by atoms with van der Waals surface area (Å²) < 4.78 is 0. The van der Waals surface area contributed by atoms with Crippen LogP contribution < -0.4 is 0 Å². The van der Waals surface area contributed by atoms with Gasteiger partial charge < -0.3 is 5.11 Å². The van der Waals surface area contributed by atoms with Crippen molar-refractivity contribution >= 4 is 5.97 Å². The first-order chi connectivity index (χ1) is 2.27. The van der Waals surface area contributed by atoms with Crippen LogP contribution in [0.15, 0.2) is 0 Å². The highest BCUT2D eigenvalue weighted by Crippen LogP contribution is 1.67. The minimum atomic E-state index is -0.745. The van der Waals surface area contributed by atoms with E-state index < -0.39 is 5.97 Å².